The molecule has 11 amide bonds. The van der Waals surface area contributed by atoms with Gasteiger partial charge in [-0.2, -0.15) is 4.99 Å². The number of aromatic nitrogens is 1. The Morgan fingerprint density at radius 3 is 1.31 bits per heavy atom. The lowest BCUT2D eigenvalue weighted by Gasteiger charge is -2.28. The molecule has 6 atom stereocenters. The Labute approximate surface area is 497 Å². The van der Waals surface area contributed by atoms with E-state index in [1.54, 1.807) is 60.7 Å². The molecule has 0 radical (unpaired) electrons. The number of carbonyl (C=O) groups excluding carboxylic acids is 11. The molecule has 28 nitrogen and oxygen atoms in total. The lowest BCUT2D eigenvalue weighted by atomic mass is 9.83. The van der Waals surface area contributed by atoms with Crippen molar-refractivity contribution in [2.45, 2.75) is 135 Å². The number of primary amides is 1. The molecule has 0 aliphatic rings. The number of H-pyrrole nitrogens is 1. The summed E-state index contributed by atoms with van der Waals surface area (Å²) in [6, 6.07) is 12.3. The van der Waals surface area contributed by atoms with Crippen molar-refractivity contribution >= 4 is 70.9 Å². The molecular formula is C58H79N15O13. The molecule has 464 valence electrons. The third-order valence-corrected chi connectivity index (χ3v) is 13.7. The Balaban J connectivity index is 1.60. The minimum Gasteiger partial charge on any atom is -0.394 e. The molecule has 0 aliphatic heterocycles. The predicted molar refractivity (Wildman–Crippen MR) is 315 cm³/mol. The zero-order valence-corrected chi connectivity index (χ0v) is 48.7. The lowest BCUT2D eigenvalue weighted by Crippen LogP contribution is -2.55. The average Bonchev–Trinajstić information content (AvgIpc) is 1.10. The standard InChI is InChI=1S/C58H79N15O13/c1-6-35-38(25-63-49(78)22-21-42(50(60)79)70-51(80)41(59)28-66-52(81)43-19-20-44(69-43)55(84)73-58(61)62)36(7-2)40(27-65-54(83)48(30-75)72-57(86)46(68-32(5)77)24-34-17-13-10-14-18-34)37(8-3)39(35)26-64-53(82)47(29-74)71-56(85)45(67-31(4)76)23-33-15-11-9-12-16-33/h9-20,41-42,45-48,69,74-75H,6-8,21-30,59H2,1-5H3,(H2,60,79)(H,63,78)(H,64,82)(H,65,83)(H,66,81)(H,67,76)(H,68,77)(H,70,80)(H,71,85)(H,72,86)(H4,61,62,73,84)/t41-,42-,45-,46-,47-,48-/m0/s1. The van der Waals surface area contributed by atoms with Gasteiger partial charge in [0, 0.05) is 59.3 Å². The smallest absolute Gasteiger partial charge is 0.296 e. The van der Waals surface area contributed by atoms with Gasteiger partial charge in [-0.15, -0.1) is 0 Å². The third-order valence-electron chi connectivity index (χ3n) is 13.7. The molecule has 3 aromatic carbocycles. The maximum Gasteiger partial charge on any atom is 0.296 e. The van der Waals surface area contributed by atoms with E-state index < -0.39 is 127 Å². The van der Waals surface area contributed by atoms with E-state index in [0.717, 1.165) is 11.1 Å². The van der Waals surface area contributed by atoms with Gasteiger partial charge in [0.05, 0.1) is 13.2 Å². The van der Waals surface area contributed by atoms with Crippen LogP contribution in [0.15, 0.2) is 77.8 Å². The summed E-state index contributed by atoms with van der Waals surface area (Å²) in [6.45, 7) is 5.44. The number of nitrogens with zero attached hydrogens (tertiary/aromatic N) is 1. The molecule has 0 bridgehead atoms. The number of aliphatic hydroxyl groups excluding tert-OH is 2. The summed E-state index contributed by atoms with van der Waals surface area (Å²) in [7, 11) is 0. The minimum absolute atomic E-state index is 0.0796. The number of hydrogen-bond donors (Lipinski definition) is 16. The number of carbonyl (C=O) groups is 11. The quantitative estimate of drug-likeness (QED) is 0.0166. The third kappa shape index (κ3) is 21.0. The lowest BCUT2D eigenvalue weighted by molar-refractivity contribution is -0.132. The van der Waals surface area contributed by atoms with Gasteiger partial charge < -0.3 is 86.0 Å². The second kappa shape index (κ2) is 34.3. The first-order valence-corrected chi connectivity index (χ1v) is 27.8. The van der Waals surface area contributed by atoms with Crippen molar-refractivity contribution in [1.29, 1.82) is 0 Å². The van der Waals surface area contributed by atoms with Crippen LogP contribution in [0.3, 0.4) is 0 Å². The van der Waals surface area contributed by atoms with Crippen LogP contribution >= 0.6 is 0 Å². The fourth-order valence-electron chi connectivity index (χ4n) is 9.49. The van der Waals surface area contributed by atoms with Crippen molar-refractivity contribution in [1.82, 2.24) is 52.8 Å². The number of amides is 11. The van der Waals surface area contributed by atoms with Crippen molar-refractivity contribution in [2.24, 2.45) is 27.9 Å². The first-order valence-electron chi connectivity index (χ1n) is 27.8. The molecule has 4 rings (SSSR count). The van der Waals surface area contributed by atoms with E-state index in [9.17, 15) is 63.0 Å². The van der Waals surface area contributed by atoms with Gasteiger partial charge in [-0.25, -0.2) is 0 Å². The average molecular weight is 1190 g/mol. The van der Waals surface area contributed by atoms with Crippen molar-refractivity contribution in [2.75, 3.05) is 19.8 Å². The minimum atomic E-state index is -1.48. The highest BCUT2D eigenvalue weighted by molar-refractivity contribution is 6.02. The second-order valence-electron chi connectivity index (χ2n) is 20.0. The number of benzene rings is 3. The molecule has 0 fully saturated rings. The number of nitrogens with two attached hydrogens (primary N) is 4. The molecule has 28 heteroatoms. The fourth-order valence-corrected chi connectivity index (χ4v) is 9.49. The number of hydrogen-bond acceptors (Lipinski definition) is 14. The Morgan fingerprint density at radius 2 is 0.919 bits per heavy atom. The van der Waals surface area contributed by atoms with Gasteiger partial charge in [0.2, 0.25) is 53.2 Å². The van der Waals surface area contributed by atoms with Crippen LogP contribution in [0.5, 0.6) is 0 Å². The zero-order valence-electron chi connectivity index (χ0n) is 48.7. The van der Waals surface area contributed by atoms with E-state index in [4.69, 9.17) is 22.9 Å². The van der Waals surface area contributed by atoms with Gasteiger partial charge >= 0.3 is 0 Å². The predicted octanol–water partition coefficient (Wildman–Crippen LogP) is -3.08. The number of nitrogens with one attached hydrogen (secondary N) is 10. The van der Waals surface area contributed by atoms with Crippen LogP contribution in [0.1, 0.15) is 113 Å². The summed E-state index contributed by atoms with van der Waals surface area (Å²) in [4.78, 5) is 150. The number of rotatable bonds is 33. The molecule has 0 unspecified atom stereocenters. The Kier molecular flexibility index (Phi) is 27.5. The highest BCUT2D eigenvalue weighted by Crippen LogP contribution is 2.31. The molecule has 1 aromatic heterocycles. The van der Waals surface area contributed by atoms with Gasteiger partial charge in [-0.1, -0.05) is 81.4 Å². The van der Waals surface area contributed by atoms with E-state index in [1.807, 2.05) is 20.8 Å². The van der Waals surface area contributed by atoms with Crippen LogP contribution in [-0.4, -0.2) is 142 Å². The summed E-state index contributed by atoms with van der Waals surface area (Å²) < 4.78 is 0. The van der Waals surface area contributed by atoms with E-state index in [1.165, 1.54) is 26.0 Å². The molecule has 4 aromatic rings. The Hall–Kier alpha value is -9.54. The van der Waals surface area contributed by atoms with Crippen molar-refractivity contribution in [3.05, 3.63) is 129 Å². The van der Waals surface area contributed by atoms with Crippen molar-refractivity contribution < 1.29 is 63.0 Å². The van der Waals surface area contributed by atoms with Gasteiger partial charge in [-0.3, -0.25) is 52.7 Å². The molecule has 0 spiro atoms. The summed E-state index contributed by atoms with van der Waals surface area (Å²) in [6.07, 6.45) is 0.526. The number of aliphatic imine (C=N–C) groups is 1. The summed E-state index contributed by atoms with van der Waals surface area (Å²) >= 11 is 0. The second-order valence-corrected chi connectivity index (χ2v) is 20.0. The van der Waals surface area contributed by atoms with Gasteiger partial charge in [-0.05, 0) is 82.3 Å². The van der Waals surface area contributed by atoms with Crippen molar-refractivity contribution in [3.8, 4) is 0 Å². The number of guanidine groups is 1. The van der Waals surface area contributed by atoms with Crippen LogP contribution in [0.4, 0.5) is 0 Å². The van der Waals surface area contributed by atoms with Crippen LogP contribution in [0, 0.1) is 0 Å². The van der Waals surface area contributed by atoms with E-state index >= 15 is 0 Å². The zero-order chi connectivity index (χ0) is 63.6. The van der Waals surface area contributed by atoms with Gasteiger partial charge in [0.1, 0.15) is 47.6 Å². The fraction of sp³-hybridized carbons (Fsp3) is 0.414. The molecular weight excluding hydrogens is 1110 g/mol. The molecule has 0 saturated heterocycles. The topological polar surface area (TPSA) is 469 Å². The van der Waals surface area contributed by atoms with E-state index in [2.05, 4.69) is 57.8 Å². The molecule has 0 aliphatic carbocycles. The maximum absolute atomic E-state index is 14.0. The highest BCUT2D eigenvalue weighted by Gasteiger charge is 2.31. The first kappa shape index (κ1) is 69.0. The summed E-state index contributed by atoms with van der Waals surface area (Å²) in [5, 5.41) is 44.5. The number of aromatic amines is 1. The molecule has 1 heterocycles. The Morgan fingerprint density at radius 1 is 0.500 bits per heavy atom. The van der Waals surface area contributed by atoms with Gasteiger partial charge in [0.15, 0.2) is 5.96 Å². The first-order chi connectivity index (χ1) is 40.9. The molecule has 20 N–H and O–H groups in total. The van der Waals surface area contributed by atoms with Gasteiger partial charge in [0.25, 0.3) is 11.8 Å². The summed E-state index contributed by atoms with van der Waals surface area (Å²) in [5.41, 5.74) is 27.2. The van der Waals surface area contributed by atoms with E-state index in [-0.39, 0.29) is 56.7 Å². The van der Waals surface area contributed by atoms with Crippen molar-refractivity contribution in [3.63, 3.8) is 0 Å². The largest absolute Gasteiger partial charge is 0.394 e. The summed E-state index contributed by atoms with van der Waals surface area (Å²) in [5.74, 6) is -8.57. The van der Waals surface area contributed by atoms with Crippen LogP contribution in [-0.2, 0) is 94.9 Å². The molecule has 86 heavy (non-hydrogen) atoms. The Bertz CT molecular complexity index is 2970. The monoisotopic (exact) mass is 1190 g/mol. The highest BCUT2D eigenvalue weighted by atomic mass is 16.3. The van der Waals surface area contributed by atoms with Crippen LogP contribution in [0.2, 0.25) is 0 Å². The normalized spacial score (nSPS) is 12.9. The molecule has 0 saturated carbocycles. The maximum atomic E-state index is 14.0. The van der Waals surface area contributed by atoms with Crippen LogP contribution in [0.25, 0.3) is 0 Å². The SMILES string of the molecule is CCc1c(CNC(=O)CC[C@H](NC(=O)[C@@H](N)CNC(=O)c2ccc(C(=O)N=C(N)N)[nH]2)C(N)=O)c(CC)c(CNC(=O)[C@H](CO)NC(=O)[C@H](Cc2ccccc2)NC(C)=O)c(CC)c1CNC(=O)[C@H](CO)NC(=O)[C@H](Cc1ccccc1)NC(C)=O. The van der Waals surface area contributed by atoms with E-state index in [0.29, 0.717) is 52.6 Å². The number of aliphatic hydroxyl groups is 2. The van der Waals surface area contributed by atoms with Crippen LogP contribution < -0.4 is 70.8 Å².